The topological polar surface area (TPSA) is 90.5 Å². The van der Waals surface area contributed by atoms with Gasteiger partial charge in [0.25, 0.3) is 5.91 Å². The SMILES string of the molecule is CNC(Cl)Cc1ccc2c(c1)C(CCCNC(=O)O)NC2=O. The molecule has 1 aliphatic heterocycles. The molecule has 0 saturated carbocycles. The molecule has 1 aliphatic rings. The Kier molecular flexibility index (Phi) is 5.63. The van der Waals surface area contributed by atoms with Crippen LogP contribution in [0.25, 0.3) is 0 Å². The van der Waals surface area contributed by atoms with Gasteiger partial charge < -0.3 is 21.1 Å². The Hall–Kier alpha value is -1.79. The summed E-state index contributed by atoms with van der Waals surface area (Å²) in [7, 11) is 1.80. The summed E-state index contributed by atoms with van der Waals surface area (Å²) >= 11 is 6.09. The predicted octanol–water partition coefficient (Wildman–Crippen LogP) is 1.85. The number of hydrogen-bond donors (Lipinski definition) is 4. The van der Waals surface area contributed by atoms with Crippen molar-refractivity contribution < 1.29 is 14.7 Å². The van der Waals surface area contributed by atoms with Gasteiger partial charge in [0.1, 0.15) is 0 Å². The second kappa shape index (κ2) is 7.47. The zero-order chi connectivity index (χ0) is 16.1. The minimum absolute atomic E-state index is 0.0681. The van der Waals surface area contributed by atoms with E-state index in [4.69, 9.17) is 16.7 Å². The summed E-state index contributed by atoms with van der Waals surface area (Å²) in [6, 6.07) is 5.69. The number of fused-ring (bicyclic) bond motifs is 1. The molecule has 0 aromatic heterocycles. The van der Waals surface area contributed by atoms with Gasteiger partial charge in [-0.05, 0) is 37.1 Å². The lowest BCUT2D eigenvalue weighted by Crippen LogP contribution is -2.24. The van der Waals surface area contributed by atoms with Crippen LogP contribution in [0, 0.1) is 0 Å². The molecular formula is C15H20ClN3O3. The van der Waals surface area contributed by atoms with Crippen molar-refractivity contribution in [3.05, 3.63) is 34.9 Å². The van der Waals surface area contributed by atoms with Gasteiger partial charge in [0.05, 0.1) is 11.5 Å². The van der Waals surface area contributed by atoms with E-state index < -0.39 is 6.09 Å². The van der Waals surface area contributed by atoms with Crippen LogP contribution in [0.4, 0.5) is 4.79 Å². The lowest BCUT2D eigenvalue weighted by atomic mass is 9.97. The first kappa shape index (κ1) is 16.6. The highest BCUT2D eigenvalue weighted by molar-refractivity contribution is 6.20. The van der Waals surface area contributed by atoms with Crippen molar-refractivity contribution in [1.82, 2.24) is 16.0 Å². The lowest BCUT2D eigenvalue weighted by Gasteiger charge is -2.13. The van der Waals surface area contributed by atoms with E-state index in [0.29, 0.717) is 31.4 Å². The third kappa shape index (κ3) is 4.11. The molecular weight excluding hydrogens is 306 g/mol. The maximum absolute atomic E-state index is 11.9. The fourth-order valence-electron chi connectivity index (χ4n) is 2.59. The number of carbonyl (C=O) groups is 2. The van der Waals surface area contributed by atoms with Crippen LogP contribution < -0.4 is 16.0 Å². The Morgan fingerprint density at radius 1 is 1.50 bits per heavy atom. The van der Waals surface area contributed by atoms with Crippen molar-refractivity contribution in [1.29, 1.82) is 0 Å². The van der Waals surface area contributed by atoms with E-state index >= 15 is 0 Å². The molecule has 1 aromatic rings. The van der Waals surface area contributed by atoms with Crippen LogP contribution in [-0.4, -0.2) is 36.2 Å². The summed E-state index contributed by atoms with van der Waals surface area (Å²) in [6.45, 7) is 0.375. The van der Waals surface area contributed by atoms with Crippen LogP contribution in [0.15, 0.2) is 18.2 Å². The summed E-state index contributed by atoms with van der Waals surface area (Å²) in [5, 5.41) is 16.8. The monoisotopic (exact) mass is 325 g/mol. The standard InChI is InChI=1S/C15H20ClN3O3/c1-17-13(16)8-9-4-5-10-11(7-9)12(19-14(10)20)3-2-6-18-15(21)22/h4-5,7,12-13,17-18H,2-3,6,8H2,1H3,(H,19,20)(H,21,22). The van der Waals surface area contributed by atoms with Gasteiger partial charge >= 0.3 is 6.09 Å². The van der Waals surface area contributed by atoms with Crippen LogP contribution in [0.5, 0.6) is 0 Å². The number of amides is 2. The zero-order valence-electron chi connectivity index (χ0n) is 12.4. The molecule has 2 unspecified atom stereocenters. The smallest absolute Gasteiger partial charge is 0.404 e. The van der Waals surface area contributed by atoms with Gasteiger partial charge in [0.2, 0.25) is 0 Å². The lowest BCUT2D eigenvalue weighted by molar-refractivity contribution is 0.0954. The average Bonchev–Trinajstić information content (AvgIpc) is 2.79. The van der Waals surface area contributed by atoms with Gasteiger partial charge in [0.15, 0.2) is 0 Å². The molecule has 2 atom stereocenters. The van der Waals surface area contributed by atoms with Crippen molar-refractivity contribution in [3.8, 4) is 0 Å². The number of carboxylic acid groups (broad SMARTS) is 1. The summed E-state index contributed by atoms with van der Waals surface area (Å²) in [4.78, 5) is 22.4. The molecule has 0 bridgehead atoms. The Labute approximate surface area is 134 Å². The van der Waals surface area contributed by atoms with Gasteiger partial charge in [-0.25, -0.2) is 4.79 Å². The Morgan fingerprint density at radius 2 is 2.27 bits per heavy atom. The molecule has 1 heterocycles. The van der Waals surface area contributed by atoms with E-state index in [1.165, 1.54) is 0 Å². The molecule has 6 nitrogen and oxygen atoms in total. The molecule has 0 radical (unpaired) electrons. The van der Waals surface area contributed by atoms with Crippen molar-refractivity contribution in [2.75, 3.05) is 13.6 Å². The molecule has 4 N–H and O–H groups in total. The third-order valence-corrected chi connectivity index (χ3v) is 4.09. The van der Waals surface area contributed by atoms with Crippen LogP contribution in [0.2, 0.25) is 0 Å². The number of halogens is 1. The Morgan fingerprint density at radius 3 is 2.95 bits per heavy atom. The fraction of sp³-hybridized carbons (Fsp3) is 0.467. The van der Waals surface area contributed by atoms with Gasteiger partial charge in [-0.2, -0.15) is 0 Å². The van der Waals surface area contributed by atoms with E-state index in [2.05, 4.69) is 16.0 Å². The predicted molar refractivity (Wildman–Crippen MR) is 84.3 cm³/mol. The molecule has 2 rings (SSSR count). The summed E-state index contributed by atoms with van der Waals surface area (Å²) in [6.07, 6.45) is 1.000. The van der Waals surface area contributed by atoms with Gasteiger partial charge in [-0.15, -0.1) is 11.6 Å². The second-order valence-corrected chi connectivity index (χ2v) is 5.81. The average molecular weight is 326 g/mol. The minimum atomic E-state index is -1.03. The second-order valence-electron chi connectivity index (χ2n) is 5.28. The molecule has 0 fully saturated rings. The summed E-state index contributed by atoms with van der Waals surface area (Å²) < 4.78 is 0. The number of benzene rings is 1. The van der Waals surface area contributed by atoms with E-state index in [-0.39, 0.29) is 17.5 Å². The molecule has 120 valence electrons. The Balaban J connectivity index is 2.03. The van der Waals surface area contributed by atoms with E-state index in [0.717, 1.165) is 11.1 Å². The fourth-order valence-corrected chi connectivity index (χ4v) is 2.76. The molecule has 0 spiro atoms. The van der Waals surface area contributed by atoms with E-state index in [1.54, 1.807) is 7.05 Å². The third-order valence-electron chi connectivity index (χ3n) is 3.72. The maximum atomic E-state index is 11.9. The number of likely N-dealkylation sites (N-methyl/N-ethyl adjacent to an activating group) is 1. The van der Waals surface area contributed by atoms with Crippen LogP contribution >= 0.6 is 11.6 Å². The summed E-state index contributed by atoms with van der Waals surface area (Å²) in [5.74, 6) is -0.0752. The molecule has 7 heteroatoms. The summed E-state index contributed by atoms with van der Waals surface area (Å²) in [5.41, 5.74) is 2.58. The first-order valence-corrected chi connectivity index (χ1v) is 7.66. The van der Waals surface area contributed by atoms with E-state index in [9.17, 15) is 9.59 Å². The number of rotatable bonds is 7. The molecule has 2 amide bonds. The zero-order valence-corrected chi connectivity index (χ0v) is 13.1. The normalized spacial score (nSPS) is 17.7. The van der Waals surface area contributed by atoms with E-state index in [1.807, 2.05) is 18.2 Å². The molecule has 0 aliphatic carbocycles. The highest BCUT2D eigenvalue weighted by Crippen LogP contribution is 2.30. The Bertz CT molecular complexity index is 565. The van der Waals surface area contributed by atoms with Gasteiger partial charge in [-0.3, -0.25) is 4.79 Å². The first-order valence-electron chi connectivity index (χ1n) is 7.23. The largest absolute Gasteiger partial charge is 0.465 e. The van der Waals surface area contributed by atoms with Crippen molar-refractivity contribution in [3.63, 3.8) is 0 Å². The van der Waals surface area contributed by atoms with Crippen molar-refractivity contribution >= 4 is 23.6 Å². The number of hydrogen-bond acceptors (Lipinski definition) is 3. The van der Waals surface area contributed by atoms with Crippen LogP contribution in [0.1, 0.15) is 40.4 Å². The molecule has 0 saturated heterocycles. The maximum Gasteiger partial charge on any atom is 0.404 e. The van der Waals surface area contributed by atoms with Crippen LogP contribution in [-0.2, 0) is 6.42 Å². The first-order chi connectivity index (χ1) is 10.5. The number of carbonyl (C=O) groups excluding carboxylic acids is 1. The van der Waals surface area contributed by atoms with Gasteiger partial charge in [0, 0.05) is 18.5 Å². The van der Waals surface area contributed by atoms with Gasteiger partial charge in [-0.1, -0.05) is 12.1 Å². The minimum Gasteiger partial charge on any atom is -0.465 e. The molecule has 22 heavy (non-hydrogen) atoms. The number of nitrogens with one attached hydrogen (secondary N) is 3. The highest BCUT2D eigenvalue weighted by Gasteiger charge is 2.28. The van der Waals surface area contributed by atoms with Crippen LogP contribution in [0.3, 0.4) is 0 Å². The quantitative estimate of drug-likeness (QED) is 0.350. The molecule has 1 aromatic carbocycles. The highest BCUT2D eigenvalue weighted by atomic mass is 35.5. The van der Waals surface area contributed by atoms with Crippen molar-refractivity contribution in [2.45, 2.75) is 30.8 Å². The van der Waals surface area contributed by atoms with Crippen molar-refractivity contribution in [2.24, 2.45) is 0 Å². The number of alkyl halides is 1.